The van der Waals surface area contributed by atoms with Gasteiger partial charge >= 0.3 is 0 Å². The largest absolute Gasteiger partial charge is 0.507 e. The third-order valence-corrected chi connectivity index (χ3v) is 6.98. The second-order valence-corrected chi connectivity index (χ2v) is 9.14. The predicted molar refractivity (Wildman–Crippen MR) is 139 cm³/mol. The number of Topliss-reactive ketones (excluding diaryl/α,β-unsaturated/α-hetero) is 1. The van der Waals surface area contributed by atoms with Gasteiger partial charge in [0.25, 0.3) is 11.7 Å². The summed E-state index contributed by atoms with van der Waals surface area (Å²) in [6, 6.07) is 12.4. The number of fused-ring (bicyclic) bond motifs is 2. The molecular weight excluding hydrogens is 522 g/mol. The summed E-state index contributed by atoms with van der Waals surface area (Å²) in [4.78, 5) is 28.5. The smallest absolute Gasteiger partial charge is 0.295 e. The molecule has 1 N–H and O–H groups in total. The minimum atomic E-state index is -0.996. The maximum absolute atomic E-state index is 13.6. The van der Waals surface area contributed by atoms with E-state index in [1.807, 2.05) is 0 Å². The van der Waals surface area contributed by atoms with Crippen molar-refractivity contribution in [3.05, 3.63) is 70.8 Å². The zero-order valence-corrected chi connectivity index (χ0v) is 21.9. The molecule has 3 aromatic carbocycles. The fourth-order valence-electron chi connectivity index (χ4n) is 5.08. The molecule has 0 saturated carbocycles. The molecule has 0 radical (unpaired) electrons. The van der Waals surface area contributed by atoms with Crippen molar-refractivity contribution in [1.29, 1.82) is 0 Å². The van der Waals surface area contributed by atoms with E-state index in [4.69, 9.17) is 33.2 Å². The third-order valence-electron chi connectivity index (χ3n) is 6.98. The average molecular weight is 548 g/mol. The Bertz CT molecular complexity index is 1540. The number of likely N-dealkylation sites (tertiary alicyclic amines) is 1. The van der Waals surface area contributed by atoms with Gasteiger partial charge in [0, 0.05) is 12.1 Å². The molecule has 0 aromatic heterocycles. The van der Waals surface area contributed by atoms with Gasteiger partial charge in [0.15, 0.2) is 34.5 Å². The maximum Gasteiger partial charge on any atom is 0.295 e. The number of methoxy groups -OCH3 is 3. The van der Waals surface area contributed by atoms with Gasteiger partial charge in [0.05, 0.1) is 32.9 Å². The summed E-state index contributed by atoms with van der Waals surface area (Å²) >= 11 is 0. The third kappa shape index (κ3) is 4.06. The van der Waals surface area contributed by atoms with Crippen LogP contribution in [0.15, 0.2) is 54.1 Å². The van der Waals surface area contributed by atoms with Crippen LogP contribution < -0.4 is 33.2 Å². The topological polar surface area (TPSA) is 122 Å². The summed E-state index contributed by atoms with van der Waals surface area (Å²) in [6.07, 6.45) is 0. The van der Waals surface area contributed by atoms with Gasteiger partial charge in [-0.2, -0.15) is 0 Å². The van der Waals surface area contributed by atoms with Crippen LogP contribution in [0.4, 0.5) is 0 Å². The lowest BCUT2D eigenvalue weighted by molar-refractivity contribution is -0.140. The normalized spacial score (nSPS) is 18.3. The fourth-order valence-corrected chi connectivity index (χ4v) is 5.08. The Balaban J connectivity index is 1.51. The van der Waals surface area contributed by atoms with E-state index >= 15 is 0 Å². The molecule has 206 valence electrons. The molecule has 1 fully saturated rings. The summed E-state index contributed by atoms with van der Waals surface area (Å²) in [5.41, 5.74) is 1.37. The molecule has 11 heteroatoms. The molecule has 11 nitrogen and oxygen atoms in total. The van der Waals surface area contributed by atoms with Crippen molar-refractivity contribution in [2.75, 3.05) is 34.9 Å². The van der Waals surface area contributed by atoms with Gasteiger partial charge in [0.2, 0.25) is 19.3 Å². The summed E-state index contributed by atoms with van der Waals surface area (Å²) in [6.45, 7) is 0.190. The molecular formula is C29H25NO10. The number of hydrogen-bond donors (Lipinski definition) is 1. The SMILES string of the molecule is COc1cc([C@H]2C(=C(O)c3ccc4c(c3)OCO4)C(=O)C(=O)N2Cc2ccc3c(c2)OCO3)cc(OC)c1OC. The molecule has 3 aliphatic rings. The van der Waals surface area contributed by atoms with Crippen molar-refractivity contribution >= 4 is 17.4 Å². The van der Waals surface area contributed by atoms with Crippen LogP contribution in [0.3, 0.4) is 0 Å². The van der Waals surface area contributed by atoms with Gasteiger partial charge in [0.1, 0.15) is 5.76 Å². The van der Waals surface area contributed by atoms with Gasteiger partial charge in [-0.25, -0.2) is 0 Å². The number of ether oxygens (including phenoxy) is 7. The zero-order valence-electron chi connectivity index (χ0n) is 21.9. The van der Waals surface area contributed by atoms with Crippen molar-refractivity contribution < 1.29 is 47.9 Å². The highest BCUT2D eigenvalue weighted by Gasteiger charge is 2.47. The second-order valence-electron chi connectivity index (χ2n) is 9.14. The molecule has 1 amide bonds. The number of rotatable bonds is 7. The van der Waals surface area contributed by atoms with Gasteiger partial charge in [-0.1, -0.05) is 6.07 Å². The van der Waals surface area contributed by atoms with Crippen molar-refractivity contribution in [3.63, 3.8) is 0 Å². The Hall–Kier alpha value is -5.06. The summed E-state index contributed by atoms with van der Waals surface area (Å²) in [5, 5.41) is 11.5. The van der Waals surface area contributed by atoms with Crippen LogP contribution in [0, 0.1) is 0 Å². The van der Waals surface area contributed by atoms with Gasteiger partial charge < -0.3 is 43.2 Å². The number of aliphatic hydroxyl groups excluding tert-OH is 1. The number of carbonyl (C=O) groups is 2. The van der Waals surface area contributed by atoms with E-state index in [-0.39, 0.29) is 31.5 Å². The number of aliphatic hydroxyl groups is 1. The second kappa shape index (κ2) is 9.92. The van der Waals surface area contributed by atoms with Gasteiger partial charge in [-0.3, -0.25) is 9.59 Å². The number of carbonyl (C=O) groups excluding carboxylic acids is 2. The monoisotopic (exact) mass is 547 g/mol. The minimum absolute atomic E-state index is 0.0421. The summed E-state index contributed by atoms with van der Waals surface area (Å²) in [5.74, 6) is 1.09. The first-order valence-electron chi connectivity index (χ1n) is 12.3. The Kier molecular flexibility index (Phi) is 6.25. The van der Waals surface area contributed by atoms with E-state index < -0.39 is 17.7 Å². The lowest BCUT2D eigenvalue weighted by atomic mass is 9.94. The lowest BCUT2D eigenvalue weighted by Gasteiger charge is -2.26. The molecule has 3 aromatic rings. The van der Waals surface area contributed by atoms with Crippen LogP contribution in [-0.4, -0.2) is 56.6 Å². The number of benzene rings is 3. The van der Waals surface area contributed by atoms with Crippen molar-refractivity contribution in [1.82, 2.24) is 4.90 Å². The molecule has 0 aliphatic carbocycles. The number of nitrogens with zero attached hydrogens (tertiary/aromatic N) is 1. The number of hydrogen-bond acceptors (Lipinski definition) is 10. The molecule has 0 bridgehead atoms. The number of ketones is 1. The number of amides is 1. The lowest BCUT2D eigenvalue weighted by Crippen LogP contribution is -2.29. The highest BCUT2D eigenvalue weighted by Crippen LogP contribution is 2.47. The van der Waals surface area contributed by atoms with Crippen LogP contribution in [0.2, 0.25) is 0 Å². The van der Waals surface area contributed by atoms with Crippen molar-refractivity contribution in [3.8, 4) is 40.2 Å². The van der Waals surface area contributed by atoms with Gasteiger partial charge in [-0.15, -0.1) is 0 Å². The van der Waals surface area contributed by atoms with Crippen LogP contribution in [0.5, 0.6) is 40.2 Å². The van der Waals surface area contributed by atoms with E-state index in [0.29, 0.717) is 56.9 Å². The molecule has 6 rings (SSSR count). The average Bonchev–Trinajstić information content (AvgIpc) is 3.70. The standard InChI is InChI=1S/C29H25NO10/c1-34-22-10-17(11-23(35-2)28(22)36-3)25-24(26(31)16-5-7-19-21(9-16)40-14-38-19)27(32)29(33)30(25)12-15-4-6-18-20(8-15)39-13-37-18/h4-11,25,31H,12-14H2,1-3H3/t25-/m0/s1. The Morgan fingerprint density at radius 3 is 2.05 bits per heavy atom. The molecule has 1 atom stereocenters. The Morgan fingerprint density at radius 1 is 0.825 bits per heavy atom. The van der Waals surface area contributed by atoms with Crippen molar-refractivity contribution in [2.45, 2.75) is 12.6 Å². The maximum atomic E-state index is 13.6. The first-order chi connectivity index (χ1) is 19.4. The molecule has 1 saturated heterocycles. The van der Waals surface area contributed by atoms with Crippen molar-refractivity contribution in [2.24, 2.45) is 0 Å². The minimum Gasteiger partial charge on any atom is -0.507 e. The highest BCUT2D eigenvalue weighted by molar-refractivity contribution is 6.46. The first-order valence-corrected chi connectivity index (χ1v) is 12.3. The van der Waals surface area contributed by atoms with E-state index in [9.17, 15) is 14.7 Å². The highest BCUT2D eigenvalue weighted by atomic mass is 16.7. The van der Waals surface area contributed by atoms with Crippen LogP contribution >= 0.6 is 0 Å². The summed E-state index contributed by atoms with van der Waals surface area (Å²) in [7, 11) is 4.42. The van der Waals surface area contributed by atoms with Crippen LogP contribution in [-0.2, 0) is 16.1 Å². The first kappa shape index (κ1) is 25.2. The fraction of sp³-hybridized carbons (Fsp3) is 0.241. The molecule has 40 heavy (non-hydrogen) atoms. The van der Waals surface area contributed by atoms with E-state index in [1.165, 1.54) is 26.2 Å². The molecule has 0 spiro atoms. The van der Waals surface area contributed by atoms with Crippen LogP contribution in [0.25, 0.3) is 5.76 Å². The molecule has 0 unspecified atom stereocenters. The quantitative estimate of drug-likeness (QED) is 0.266. The zero-order chi connectivity index (χ0) is 28.0. The van der Waals surface area contributed by atoms with E-state index in [2.05, 4.69) is 0 Å². The molecule has 3 heterocycles. The summed E-state index contributed by atoms with van der Waals surface area (Å²) < 4.78 is 38.2. The van der Waals surface area contributed by atoms with Gasteiger partial charge in [-0.05, 0) is 53.6 Å². The predicted octanol–water partition coefficient (Wildman–Crippen LogP) is 3.79. The van der Waals surface area contributed by atoms with E-state index in [1.54, 1.807) is 48.5 Å². The van der Waals surface area contributed by atoms with E-state index in [0.717, 1.165) is 0 Å². The Labute approximate surface area is 229 Å². The van der Waals surface area contributed by atoms with Crippen LogP contribution in [0.1, 0.15) is 22.7 Å². The Morgan fingerprint density at radius 2 is 1.43 bits per heavy atom. The molecule has 3 aliphatic heterocycles.